The van der Waals surface area contributed by atoms with Gasteiger partial charge in [0.05, 0.1) is 25.3 Å². The molecule has 0 aliphatic rings. The van der Waals surface area contributed by atoms with Crippen LogP contribution in [0.15, 0.2) is 12.1 Å². The van der Waals surface area contributed by atoms with E-state index in [1.807, 2.05) is 6.07 Å². The number of ether oxygens (including phenoxy) is 1. The topological polar surface area (TPSA) is 114 Å². The fourth-order valence-electron chi connectivity index (χ4n) is 1.38. The van der Waals surface area contributed by atoms with Crippen LogP contribution < -0.4 is 4.74 Å². The Morgan fingerprint density at radius 3 is 2.53 bits per heavy atom. The van der Waals surface area contributed by atoms with Gasteiger partial charge in [0, 0.05) is 11.6 Å². The summed E-state index contributed by atoms with van der Waals surface area (Å²) in [6.07, 6.45) is -2.94. The lowest BCUT2D eigenvalue weighted by molar-refractivity contribution is -0.0163. The molecular weight excluding hydrogens is 226 g/mol. The average molecular weight is 239 g/mol. The standard InChI is InChI=1S/C11H13NO5/c1-17-9-3-6(4-12)2-7(11(9)16)10(15)8(14)5-13/h2-3,8,10,13-16H,5H2,1H3. The molecule has 17 heavy (non-hydrogen) atoms. The van der Waals surface area contributed by atoms with Gasteiger partial charge in [-0.3, -0.25) is 0 Å². The van der Waals surface area contributed by atoms with Crippen LogP contribution in [-0.4, -0.2) is 40.2 Å². The first kappa shape index (κ1) is 13.3. The van der Waals surface area contributed by atoms with E-state index in [1.54, 1.807) is 0 Å². The van der Waals surface area contributed by atoms with Gasteiger partial charge in [0.25, 0.3) is 0 Å². The second-order valence-electron chi connectivity index (χ2n) is 3.42. The van der Waals surface area contributed by atoms with Gasteiger partial charge >= 0.3 is 0 Å². The normalized spacial score (nSPS) is 13.8. The Hall–Kier alpha value is -1.81. The zero-order valence-corrected chi connectivity index (χ0v) is 9.16. The summed E-state index contributed by atoms with van der Waals surface area (Å²) in [5, 5.41) is 46.2. The third kappa shape index (κ3) is 2.65. The van der Waals surface area contributed by atoms with Crippen LogP contribution in [0.5, 0.6) is 11.5 Å². The minimum Gasteiger partial charge on any atom is -0.504 e. The number of hydrogen-bond acceptors (Lipinski definition) is 6. The minimum atomic E-state index is -1.50. The Kier molecular flexibility index (Phi) is 4.29. The fourth-order valence-corrected chi connectivity index (χ4v) is 1.38. The van der Waals surface area contributed by atoms with Crippen molar-refractivity contribution in [2.24, 2.45) is 0 Å². The van der Waals surface area contributed by atoms with Crippen LogP contribution >= 0.6 is 0 Å². The van der Waals surface area contributed by atoms with Crippen LogP contribution in [0.4, 0.5) is 0 Å². The maximum absolute atomic E-state index is 9.74. The molecule has 0 aliphatic carbocycles. The predicted molar refractivity (Wildman–Crippen MR) is 57.4 cm³/mol. The van der Waals surface area contributed by atoms with Crippen LogP contribution in [0.2, 0.25) is 0 Å². The molecule has 4 N–H and O–H groups in total. The van der Waals surface area contributed by atoms with E-state index in [4.69, 9.17) is 15.1 Å². The van der Waals surface area contributed by atoms with E-state index in [9.17, 15) is 15.3 Å². The molecule has 6 heteroatoms. The second-order valence-corrected chi connectivity index (χ2v) is 3.42. The molecular formula is C11H13NO5. The molecule has 2 unspecified atom stereocenters. The highest BCUT2D eigenvalue weighted by Crippen LogP contribution is 2.36. The van der Waals surface area contributed by atoms with E-state index in [2.05, 4.69) is 0 Å². The van der Waals surface area contributed by atoms with Crippen molar-refractivity contribution < 1.29 is 25.2 Å². The molecule has 0 spiro atoms. The number of aromatic hydroxyl groups is 1. The summed E-state index contributed by atoms with van der Waals surface area (Å²) < 4.78 is 4.84. The van der Waals surface area contributed by atoms with Crippen molar-refractivity contribution in [3.8, 4) is 17.6 Å². The Bertz CT molecular complexity index is 440. The SMILES string of the molecule is COc1cc(C#N)cc(C(O)C(O)CO)c1O. The average Bonchev–Trinajstić information content (AvgIpc) is 2.37. The van der Waals surface area contributed by atoms with Gasteiger partial charge in [0.15, 0.2) is 11.5 Å². The maximum Gasteiger partial charge on any atom is 0.163 e. The molecule has 0 heterocycles. The summed E-state index contributed by atoms with van der Waals surface area (Å²) >= 11 is 0. The Morgan fingerprint density at radius 1 is 1.41 bits per heavy atom. The van der Waals surface area contributed by atoms with Gasteiger partial charge in [-0.1, -0.05) is 0 Å². The Morgan fingerprint density at radius 2 is 2.06 bits per heavy atom. The molecule has 1 aromatic rings. The first-order chi connectivity index (χ1) is 8.04. The van der Waals surface area contributed by atoms with E-state index < -0.39 is 18.8 Å². The number of aliphatic hydroxyl groups is 3. The quantitative estimate of drug-likeness (QED) is 0.571. The van der Waals surface area contributed by atoms with Gasteiger partial charge in [0.1, 0.15) is 12.2 Å². The maximum atomic E-state index is 9.74. The second kappa shape index (κ2) is 5.50. The monoisotopic (exact) mass is 239 g/mol. The van der Waals surface area contributed by atoms with Gasteiger partial charge in [-0.25, -0.2) is 0 Å². The molecule has 1 rings (SSSR count). The van der Waals surface area contributed by atoms with Crippen molar-refractivity contribution in [3.05, 3.63) is 23.3 Å². The zero-order valence-electron chi connectivity index (χ0n) is 9.16. The number of aliphatic hydroxyl groups excluding tert-OH is 3. The van der Waals surface area contributed by atoms with Crippen molar-refractivity contribution in [3.63, 3.8) is 0 Å². The van der Waals surface area contributed by atoms with Crippen LogP contribution in [0, 0.1) is 11.3 Å². The predicted octanol–water partition coefficient (Wildman–Crippen LogP) is -0.341. The third-order valence-corrected chi connectivity index (χ3v) is 2.32. The van der Waals surface area contributed by atoms with E-state index >= 15 is 0 Å². The van der Waals surface area contributed by atoms with Gasteiger partial charge in [-0.2, -0.15) is 5.26 Å². The molecule has 1 aromatic carbocycles. The van der Waals surface area contributed by atoms with Gasteiger partial charge in [-0.05, 0) is 6.07 Å². The summed E-state index contributed by atoms with van der Waals surface area (Å²) in [4.78, 5) is 0. The number of phenolic OH excluding ortho intramolecular Hbond substituents is 1. The molecule has 92 valence electrons. The number of methoxy groups -OCH3 is 1. The van der Waals surface area contributed by atoms with Crippen molar-refractivity contribution >= 4 is 0 Å². The lowest BCUT2D eigenvalue weighted by Gasteiger charge is -2.18. The lowest BCUT2D eigenvalue weighted by Crippen LogP contribution is -2.22. The fraction of sp³-hybridized carbons (Fsp3) is 0.364. The molecule has 0 radical (unpaired) electrons. The number of phenols is 1. The number of rotatable bonds is 4. The molecule has 0 saturated heterocycles. The summed E-state index contributed by atoms with van der Waals surface area (Å²) in [6, 6.07) is 4.36. The zero-order chi connectivity index (χ0) is 13.0. The van der Waals surface area contributed by atoms with Crippen LogP contribution in [0.1, 0.15) is 17.2 Å². The minimum absolute atomic E-state index is 0.0169. The number of hydrogen-bond donors (Lipinski definition) is 4. The van der Waals surface area contributed by atoms with E-state index in [-0.39, 0.29) is 22.6 Å². The Balaban J connectivity index is 3.27. The summed E-state index contributed by atoms with van der Waals surface area (Å²) in [6.45, 7) is -0.667. The van der Waals surface area contributed by atoms with E-state index in [1.165, 1.54) is 19.2 Å². The first-order valence-electron chi connectivity index (χ1n) is 4.83. The highest BCUT2D eigenvalue weighted by atomic mass is 16.5. The van der Waals surface area contributed by atoms with Crippen molar-refractivity contribution in [1.29, 1.82) is 5.26 Å². The molecule has 0 aromatic heterocycles. The van der Waals surface area contributed by atoms with Crippen molar-refractivity contribution in [2.75, 3.05) is 13.7 Å². The van der Waals surface area contributed by atoms with Crippen LogP contribution in [0.25, 0.3) is 0 Å². The third-order valence-electron chi connectivity index (χ3n) is 2.32. The molecule has 2 atom stereocenters. The van der Waals surface area contributed by atoms with E-state index in [0.29, 0.717) is 0 Å². The summed E-state index contributed by atoms with van der Waals surface area (Å²) in [5.41, 5.74) is 0.0984. The lowest BCUT2D eigenvalue weighted by atomic mass is 10.0. The number of benzene rings is 1. The first-order valence-corrected chi connectivity index (χ1v) is 4.83. The number of nitrogens with zero attached hydrogens (tertiary/aromatic N) is 1. The Labute approximate surface area is 97.9 Å². The molecule has 6 nitrogen and oxygen atoms in total. The molecule has 0 amide bonds. The molecule has 0 saturated carbocycles. The molecule has 0 fully saturated rings. The summed E-state index contributed by atoms with van der Waals surface area (Å²) in [5.74, 6) is -0.352. The molecule has 0 aliphatic heterocycles. The highest BCUT2D eigenvalue weighted by Gasteiger charge is 2.23. The van der Waals surface area contributed by atoms with Crippen LogP contribution in [0.3, 0.4) is 0 Å². The van der Waals surface area contributed by atoms with Gasteiger partial charge in [0.2, 0.25) is 0 Å². The van der Waals surface area contributed by atoms with Gasteiger partial charge < -0.3 is 25.2 Å². The molecule has 0 bridgehead atoms. The number of nitriles is 1. The van der Waals surface area contributed by atoms with E-state index in [0.717, 1.165) is 0 Å². The largest absolute Gasteiger partial charge is 0.504 e. The highest BCUT2D eigenvalue weighted by molar-refractivity contribution is 5.52. The van der Waals surface area contributed by atoms with Crippen LogP contribution in [-0.2, 0) is 0 Å². The summed E-state index contributed by atoms with van der Waals surface area (Å²) in [7, 11) is 1.30. The van der Waals surface area contributed by atoms with Crippen molar-refractivity contribution in [2.45, 2.75) is 12.2 Å². The van der Waals surface area contributed by atoms with Crippen molar-refractivity contribution in [1.82, 2.24) is 0 Å². The smallest absolute Gasteiger partial charge is 0.163 e. The van der Waals surface area contributed by atoms with Gasteiger partial charge in [-0.15, -0.1) is 0 Å².